The van der Waals surface area contributed by atoms with Gasteiger partial charge in [-0.15, -0.1) is 0 Å². The lowest BCUT2D eigenvalue weighted by Gasteiger charge is -2.42. The maximum atomic E-state index is 7.75. The van der Waals surface area contributed by atoms with Gasteiger partial charge in [0.25, 0.3) is 0 Å². The van der Waals surface area contributed by atoms with E-state index >= 15 is 0 Å². The smallest absolute Gasteiger partial charge is 0.245 e. The lowest BCUT2D eigenvalue weighted by molar-refractivity contribution is 0.570. The molecule has 0 aliphatic rings. The van der Waals surface area contributed by atoms with E-state index in [0.29, 0.717) is 0 Å². The van der Waals surface area contributed by atoms with Crippen LogP contribution >= 0.6 is 0 Å². The summed E-state index contributed by atoms with van der Waals surface area (Å²) >= 11 is 0. The summed E-state index contributed by atoms with van der Waals surface area (Å²) in [4.78, 5) is 0. The molecule has 0 atom stereocenters. The molecule has 0 aliphatic heterocycles. The zero-order valence-electron chi connectivity index (χ0n) is 18.4. The SMILES string of the molecule is CC[Si](O[Si](CC)(c1ccccc1)c1ccccc1)(c1ccccc1)c1ccccc1. The molecule has 4 rings (SSSR count). The second-order valence-electron chi connectivity index (χ2n) is 7.93. The Bertz CT molecular complexity index is 899. The molecule has 0 aliphatic carbocycles. The number of benzene rings is 4. The average molecular weight is 439 g/mol. The summed E-state index contributed by atoms with van der Waals surface area (Å²) in [6, 6.07) is 45.8. The molecule has 0 fully saturated rings. The summed E-state index contributed by atoms with van der Waals surface area (Å²) in [6.45, 7) is 4.61. The van der Waals surface area contributed by atoms with Crippen LogP contribution in [0.25, 0.3) is 0 Å². The lowest BCUT2D eigenvalue weighted by atomic mass is 10.4. The standard InChI is InChI=1S/C28H30OSi2/c1-3-30(25-17-9-5-10-18-25,26-19-11-6-12-20-26)29-31(4-2,27-21-13-7-14-22-27)28-23-15-8-16-24-28/h5-24H,3-4H2,1-2H3. The molecule has 0 saturated heterocycles. The molecule has 0 spiro atoms. The van der Waals surface area contributed by atoms with Crippen LogP contribution in [0.5, 0.6) is 0 Å². The van der Waals surface area contributed by atoms with Gasteiger partial charge in [0, 0.05) is 0 Å². The van der Waals surface area contributed by atoms with Crippen LogP contribution in [0.15, 0.2) is 121 Å². The van der Waals surface area contributed by atoms with Gasteiger partial charge < -0.3 is 4.12 Å². The van der Waals surface area contributed by atoms with Gasteiger partial charge in [-0.2, -0.15) is 0 Å². The van der Waals surface area contributed by atoms with Gasteiger partial charge in [-0.1, -0.05) is 135 Å². The number of hydrogen-bond donors (Lipinski definition) is 0. The van der Waals surface area contributed by atoms with Gasteiger partial charge in [-0.05, 0) is 32.8 Å². The minimum atomic E-state index is -2.48. The van der Waals surface area contributed by atoms with Gasteiger partial charge in [0.15, 0.2) is 0 Å². The summed E-state index contributed by atoms with van der Waals surface area (Å²) in [7, 11) is -4.96. The van der Waals surface area contributed by atoms with E-state index in [1.54, 1.807) is 0 Å². The lowest BCUT2D eigenvalue weighted by Crippen LogP contribution is -2.72. The first kappa shape index (κ1) is 21.5. The molecule has 31 heavy (non-hydrogen) atoms. The normalized spacial score (nSPS) is 11.9. The highest BCUT2D eigenvalue weighted by molar-refractivity contribution is 7.09. The average Bonchev–Trinajstić information content (AvgIpc) is 2.87. The second kappa shape index (κ2) is 9.60. The first-order valence-corrected chi connectivity index (χ1v) is 15.4. The maximum absolute atomic E-state index is 7.75. The van der Waals surface area contributed by atoms with Crippen molar-refractivity contribution < 1.29 is 4.12 Å². The van der Waals surface area contributed by atoms with Gasteiger partial charge in [-0.3, -0.25) is 0 Å². The molecular formula is C28H30OSi2. The Balaban J connectivity index is 1.98. The molecule has 4 aromatic rings. The highest BCUT2D eigenvalue weighted by Crippen LogP contribution is 2.23. The van der Waals surface area contributed by atoms with Crippen LogP contribution < -0.4 is 20.7 Å². The second-order valence-corrected chi connectivity index (χ2v) is 15.8. The monoisotopic (exact) mass is 438 g/mol. The number of hydrogen-bond acceptors (Lipinski definition) is 1. The Hall–Kier alpha value is -2.73. The molecule has 0 aromatic heterocycles. The van der Waals surface area contributed by atoms with Gasteiger partial charge >= 0.3 is 0 Å². The molecule has 1 nitrogen and oxygen atoms in total. The van der Waals surface area contributed by atoms with Crippen LogP contribution in [0.3, 0.4) is 0 Å². The van der Waals surface area contributed by atoms with Crippen molar-refractivity contribution in [1.29, 1.82) is 0 Å². The van der Waals surface area contributed by atoms with E-state index in [4.69, 9.17) is 4.12 Å². The molecule has 0 saturated carbocycles. The molecular weight excluding hydrogens is 408 g/mol. The van der Waals surface area contributed by atoms with Crippen molar-refractivity contribution in [2.75, 3.05) is 0 Å². The van der Waals surface area contributed by atoms with Gasteiger partial charge in [-0.25, -0.2) is 0 Å². The van der Waals surface area contributed by atoms with E-state index in [0.717, 1.165) is 12.1 Å². The summed E-state index contributed by atoms with van der Waals surface area (Å²) < 4.78 is 7.75. The fourth-order valence-corrected chi connectivity index (χ4v) is 15.3. The Morgan fingerprint density at radius 3 is 0.839 bits per heavy atom. The first-order chi connectivity index (χ1) is 15.2. The Morgan fingerprint density at radius 2 is 0.645 bits per heavy atom. The van der Waals surface area contributed by atoms with Crippen LogP contribution in [0, 0.1) is 0 Å². The van der Waals surface area contributed by atoms with Crippen LogP contribution in [-0.2, 0) is 4.12 Å². The molecule has 0 radical (unpaired) electrons. The van der Waals surface area contributed by atoms with E-state index in [2.05, 4.69) is 135 Å². The molecule has 0 unspecified atom stereocenters. The fraction of sp³-hybridized carbons (Fsp3) is 0.143. The fourth-order valence-electron chi connectivity index (χ4n) is 4.66. The zero-order valence-corrected chi connectivity index (χ0v) is 20.4. The Kier molecular flexibility index (Phi) is 6.66. The van der Waals surface area contributed by atoms with E-state index in [9.17, 15) is 0 Å². The van der Waals surface area contributed by atoms with Gasteiger partial charge in [0.05, 0.1) is 0 Å². The molecule has 0 heterocycles. The van der Waals surface area contributed by atoms with E-state index in [1.807, 2.05) is 0 Å². The van der Waals surface area contributed by atoms with E-state index < -0.39 is 16.6 Å². The molecule has 156 valence electrons. The van der Waals surface area contributed by atoms with Crippen molar-refractivity contribution in [2.45, 2.75) is 25.9 Å². The number of rotatable bonds is 8. The van der Waals surface area contributed by atoms with Crippen molar-refractivity contribution >= 4 is 37.4 Å². The zero-order chi connectivity index (χ0) is 21.6. The quantitative estimate of drug-likeness (QED) is 0.366. The third-order valence-electron chi connectivity index (χ3n) is 6.30. The minimum Gasteiger partial charge on any atom is -0.442 e. The van der Waals surface area contributed by atoms with Crippen molar-refractivity contribution in [3.8, 4) is 0 Å². The minimum absolute atomic E-state index is 0.995. The first-order valence-electron chi connectivity index (χ1n) is 11.2. The van der Waals surface area contributed by atoms with Crippen LogP contribution in [-0.4, -0.2) is 16.6 Å². The Morgan fingerprint density at radius 1 is 0.419 bits per heavy atom. The predicted octanol–water partition coefficient (Wildman–Crippen LogP) is 4.56. The van der Waals surface area contributed by atoms with Crippen molar-refractivity contribution in [3.63, 3.8) is 0 Å². The van der Waals surface area contributed by atoms with E-state index in [-0.39, 0.29) is 0 Å². The van der Waals surface area contributed by atoms with Crippen molar-refractivity contribution in [1.82, 2.24) is 0 Å². The summed E-state index contributed by atoms with van der Waals surface area (Å²) in [5.41, 5.74) is 0. The highest BCUT2D eigenvalue weighted by atomic mass is 28.4. The summed E-state index contributed by atoms with van der Waals surface area (Å²) in [6.07, 6.45) is 0. The third kappa shape index (κ3) is 4.09. The van der Waals surface area contributed by atoms with Crippen LogP contribution in [0.4, 0.5) is 0 Å². The summed E-state index contributed by atoms with van der Waals surface area (Å²) in [5, 5.41) is 5.39. The maximum Gasteiger partial charge on any atom is 0.245 e. The molecule has 3 heteroatoms. The van der Waals surface area contributed by atoms with Gasteiger partial charge in [0.1, 0.15) is 0 Å². The highest BCUT2D eigenvalue weighted by Gasteiger charge is 2.48. The third-order valence-corrected chi connectivity index (χ3v) is 16.1. The molecule has 0 bridgehead atoms. The summed E-state index contributed by atoms with van der Waals surface area (Å²) in [5.74, 6) is 0. The molecule has 0 N–H and O–H groups in total. The van der Waals surface area contributed by atoms with E-state index in [1.165, 1.54) is 20.7 Å². The van der Waals surface area contributed by atoms with Crippen molar-refractivity contribution in [2.24, 2.45) is 0 Å². The van der Waals surface area contributed by atoms with Crippen molar-refractivity contribution in [3.05, 3.63) is 121 Å². The molecule has 0 amide bonds. The topological polar surface area (TPSA) is 9.23 Å². The molecule has 4 aromatic carbocycles. The van der Waals surface area contributed by atoms with Crippen LogP contribution in [0.1, 0.15) is 13.8 Å². The van der Waals surface area contributed by atoms with Crippen LogP contribution in [0.2, 0.25) is 12.1 Å². The van der Waals surface area contributed by atoms with Gasteiger partial charge in [0.2, 0.25) is 16.6 Å². The Labute approximate surface area is 188 Å². The predicted molar refractivity (Wildman–Crippen MR) is 138 cm³/mol. The largest absolute Gasteiger partial charge is 0.442 e.